The molecule has 0 aliphatic carbocycles. The van der Waals surface area contributed by atoms with Gasteiger partial charge in [-0.05, 0) is 25.1 Å². The van der Waals surface area contributed by atoms with E-state index < -0.39 is 12.8 Å². The number of hydrogen-bond donors (Lipinski definition) is 1. The van der Waals surface area contributed by atoms with Crippen LogP contribution in [0.15, 0.2) is 35.7 Å². The van der Waals surface area contributed by atoms with Gasteiger partial charge in [0.1, 0.15) is 11.3 Å². The first-order valence-corrected chi connectivity index (χ1v) is 8.19. The van der Waals surface area contributed by atoms with Crippen molar-refractivity contribution in [2.45, 2.75) is 24.0 Å². The molecule has 0 aliphatic rings. The molecular formula is C15H14F3N5OS. The van der Waals surface area contributed by atoms with E-state index >= 15 is 0 Å². The molecule has 0 saturated heterocycles. The fourth-order valence-electron chi connectivity index (χ4n) is 2.17. The van der Waals surface area contributed by atoms with E-state index in [1.165, 1.54) is 28.7 Å². The van der Waals surface area contributed by atoms with Crippen LogP contribution in [0, 0.1) is 6.92 Å². The molecule has 0 unspecified atom stereocenters. The van der Waals surface area contributed by atoms with Gasteiger partial charge < -0.3 is 10.6 Å². The Morgan fingerprint density at radius 2 is 2.04 bits per heavy atom. The van der Waals surface area contributed by atoms with E-state index in [4.69, 9.17) is 10.6 Å². The van der Waals surface area contributed by atoms with Gasteiger partial charge in [-0.15, -0.1) is 0 Å². The van der Waals surface area contributed by atoms with Gasteiger partial charge >= 0.3 is 6.18 Å². The van der Waals surface area contributed by atoms with E-state index in [0.29, 0.717) is 33.3 Å². The lowest BCUT2D eigenvalue weighted by molar-refractivity contribution is -0.153. The van der Waals surface area contributed by atoms with Crippen LogP contribution >= 0.6 is 11.8 Å². The normalized spacial score (nSPS) is 11.8. The number of fused-ring (bicyclic) bond motifs is 1. The highest BCUT2D eigenvalue weighted by molar-refractivity contribution is 7.98. The Bertz CT molecular complexity index is 896. The Hall–Kier alpha value is -2.49. The van der Waals surface area contributed by atoms with Crippen LogP contribution in [0.4, 0.5) is 13.2 Å². The monoisotopic (exact) mass is 369 g/mol. The van der Waals surface area contributed by atoms with Crippen molar-refractivity contribution in [3.63, 3.8) is 0 Å². The average molecular weight is 369 g/mol. The highest BCUT2D eigenvalue weighted by Gasteiger charge is 2.28. The minimum Gasteiger partial charge on any atom is -0.484 e. The quantitative estimate of drug-likeness (QED) is 0.550. The molecular weight excluding hydrogens is 355 g/mol. The van der Waals surface area contributed by atoms with Crippen molar-refractivity contribution in [3.05, 3.63) is 41.9 Å². The van der Waals surface area contributed by atoms with E-state index in [9.17, 15) is 13.2 Å². The fraction of sp³-hybridized carbons (Fsp3) is 0.267. The maximum absolute atomic E-state index is 12.3. The summed E-state index contributed by atoms with van der Waals surface area (Å²) in [6, 6.07) is 4.97. The summed E-state index contributed by atoms with van der Waals surface area (Å²) in [5, 5.41) is 0.538. The molecule has 0 aromatic carbocycles. The molecule has 0 bridgehead atoms. The highest BCUT2D eigenvalue weighted by Crippen LogP contribution is 2.28. The molecule has 3 aromatic heterocycles. The number of hydrogen-bond acceptors (Lipinski definition) is 6. The van der Waals surface area contributed by atoms with Crippen LogP contribution in [0.1, 0.15) is 11.3 Å². The van der Waals surface area contributed by atoms with Gasteiger partial charge in [-0.2, -0.15) is 13.2 Å². The molecule has 0 atom stereocenters. The van der Waals surface area contributed by atoms with Crippen LogP contribution in [-0.4, -0.2) is 32.4 Å². The van der Waals surface area contributed by atoms with Crippen LogP contribution in [0.3, 0.4) is 0 Å². The first-order chi connectivity index (χ1) is 11.8. The Morgan fingerprint density at radius 3 is 2.76 bits per heavy atom. The van der Waals surface area contributed by atoms with Crippen molar-refractivity contribution in [1.29, 1.82) is 0 Å². The zero-order valence-electron chi connectivity index (χ0n) is 13.1. The van der Waals surface area contributed by atoms with Crippen LogP contribution in [-0.2, 0) is 5.75 Å². The number of nitrogen functional groups attached to an aromatic ring is 1. The average Bonchev–Trinajstić information content (AvgIpc) is 2.89. The van der Waals surface area contributed by atoms with Gasteiger partial charge in [0.25, 0.3) is 0 Å². The molecule has 0 aliphatic heterocycles. The summed E-state index contributed by atoms with van der Waals surface area (Å²) >= 11 is 1.32. The molecule has 3 heterocycles. The number of thioether (sulfide) groups is 1. The molecule has 132 valence electrons. The SMILES string of the molecule is Cc1c(OCC(F)(F)F)ccnc1CSc1nc2ncccc2n1N. The summed E-state index contributed by atoms with van der Waals surface area (Å²) in [4.78, 5) is 12.7. The molecule has 0 fully saturated rings. The third-order valence-electron chi connectivity index (χ3n) is 3.42. The molecule has 0 amide bonds. The molecule has 0 saturated carbocycles. The number of imidazole rings is 1. The highest BCUT2D eigenvalue weighted by atomic mass is 32.2. The van der Waals surface area contributed by atoms with Crippen LogP contribution < -0.4 is 10.6 Å². The zero-order chi connectivity index (χ0) is 18.0. The minimum atomic E-state index is -4.39. The van der Waals surface area contributed by atoms with E-state index in [1.807, 2.05) is 0 Å². The van der Waals surface area contributed by atoms with Crippen LogP contribution in [0.25, 0.3) is 11.2 Å². The second kappa shape index (κ2) is 6.79. The summed E-state index contributed by atoms with van der Waals surface area (Å²) in [5.41, 5.74) is 2.37. The molecule has 6 nitrogen and oxygen atoms in total. The van der Waals surface area contributed by atoms with Gasteiger partial charge in [0.2, 0.25) is 0 Å². The summed E-state index contributed by atoms with van der Waals surface area (Å²) < 4.78 is 43.2. The Morgan fingerprint density at radius 1 is 1.24 bits per heavy atom. The maximum Gasteiger partial charge on any atom is 0.422 e. The summed E-state index contributed by atoms with van der Waals surface area (Å²) in [5.74, 6) is 6.53. The minimum absolute atomic E-state index is 0.158. The second-order valence-corrected chi connectivity index (χ2v) is 6.13. The van der Waals surface area contributed by atoms with E-state index in [0.717, 1.165) is 0 Å². The molecule has 0 radical (unpaired) electrons. The van der Waals surface area contributed by atoms with E-state index in [-0.39, 0.29) is 5.75 Å². The summed E-state index contributed by atoms with van der Waals surface area (Å²) in [6.07, 6.45) is -1.35. The first kappa shape index (κ1) is 17.3. The van der Waals surface area contributed by atoms with Crippen molar-refractivity contribution < 1.29 is 17.9 Å². The lowest BCUT2D eigenvalue weighted by atomic mass is 10.2. The van der Waals surface area contributed by atoms with Gasteiger partial charge in [-0.25, -0.2) is 14.6 Å². The molecule has 25 heavy (non-hydrogen) atoms. The van der Waals surface area contributed by atoms with Gasteiger partial charge in [-0.3, -0.25) is 4.98 Å². The van der Waals surface area contributed by atoms with Crippen LogP contribution in [0.5, 0.6) is 5.75 Å². The molecule has 3 rings (SSSR count). The summed E-state index contributed by atoms with van der Waals surface area (Å²) in [6.45, 7) is 0.330. The van der Waals surface area contributed by atoms with Crippen LogP contribution in [0.2, 0.25) is 0 Å². The third kappa shape index (κ3) is 3.95. The van der Waals surface area contributed by atoms with Crippen molar-refractivity contribution in [1.82, 2.24) is 19.6 Å². The van der Waals surface area contributed by atoms with Crippen molar-refractivity contribution in [3.8, 4) is 5.75 Å². The second-order valence-electron chi connectivity index (χ2n) is 5.18. The Balaban J connectivity index is 1.75. The smallest absolute Gasteiger partial charge is 0.422 e. The number of rotatable bonds is 5. The zero-order valence-corrected chi connectivity index (χ0v) is 13.9. The van der Waals surface area contributed by atoms with Crippen molar-refractivity contribution in [2.24, 2.45) is 0 Å². The standard InChI is InChI=1S/C15H14F3N5OS/c1-9-10(20-6-4-12(9)24-8-15(16,17)18)7-25-14-22-13-11(23(14)19)3-2-5-21-13/h2-6H,7-8,19H2,1H3. The topological polar surface area (TPSA) is 78.9 Å². The fourth-order valence-corrected chi connectivity index (χ4v) is 3.11. The predicted molar refractivity (Wildman–Crippen MR) is 87.8 cm³/mol. The maximum atomic E-state index is 12.3. The van der Waals surface area contributed by atoms with E-state index in [2.05, 4.69) is 15.0 Å². The number of alkyl halides is 3. The van der Waals surface area contributed by atoms with E-state index in [1.54, 1.807) is 25.3 Å². The Labute approximate surface area is 145 Å². The van der Waals surface area contributed by atoms with Gasteiger partial charge in [0, 0.05) is 23.7 Å². The largest absolute Gasteiger partial charge is 0.484 e. The third-order valence-corrected chi connectivity index (χ3v) is 4.39. The number of pyridine rings is 2. The number of halogens is 3. The lowest BCUT2D eigenvalue weighted by Gasteiger charge is -2.13. The van der Waals surface area contributed by atoms with Crippen molar-refractivity contribution >= 4 is 22.9 Å². The molecule has 0 spiro atoms. The van der Waals surface area contributed by atoms with Crippen molar-refractivity contribution in [2.75, 3.05) is 12.4 Å². The predicted octanol–water partition coefficient (Wildman–Crippen LogP) is 3.08. The number of ether oxygens (including phenoxy) is 1. The summed E-state index contributed by atoms with van der Waals surface area (Å²) in [7, 11) is 0. The molecule has 2 N–H and O–H groups in total. The first-order valence-electron chi connectivity index (χ1n) is 7.20. The molecule has 3 aromatic rings. The van der Waals surface area contributed by atoms with Gasteiger partial charge in [-0.1, -0.05) is 11.8 Å². The number of nitrogens with zero attached hydrogens (tertiary/aromatic N) is 4. The molecule has 10 heteroatoms. The number of nitrogens with two attached hydrogens (primary N) is 1. The van der Waals surface area contributed by atoms with Gasteiger partial charge in [0.05, 0.1) is 5.69 Å². The van der Waals surface area contributed by atoms with Gasteiger partial charge in [0.15, 0.2) is 17.4 Å². The lowest BCUT2D eigenvalue weighted by Crippen LogP contribution is -2.19. The Kier molecular flexibility index (Phi) is 4.71. The number of aromatic nitrogens is 4.